The Hall–Kier alpha value is -6.28. The topological polar surface area (TPSA) is 177 Å². The molecule has 2 N–H and O–H groups in total. The number of nitrogens with zero attached hydrogens (tertiary/aromatic N) is 10. The Morgan fingerprint density at radius 3 is 1.92 bits per heavy atom. The van der Waals surface area contributed by atoms with Crippen molar-refractivity contribution in [3.63, 3.8) is 0 Å². The highest BCUT2D eigenvalue weighted by molar-refractivity contribution is 6.04. The number of anilines is 2. The number of aryl methyl sites for hydroxylation is 6. The summed E-state index contributed by atoms with van der Waals surface area (Å²) in [6, 6.07) is 16.8. The van der Waals surface area contributed by atoms with Crippen molar-refractivity contribution in [3.05, 3.63) is 81.9 Å². The van der Waals surface area contributed by atoms with Crippen LogP contribution in [0.2, 0.25) is 0 Å². The second-order valence-corrected chi connectivity index (χ2v) is 12.9. The Morgan fingerprint density at radius 2 is 1.33 bits per heavy atom. The Labute approximate surface area is 294 Å². The molecule has 0 saturated carbocycles. The van der Waals surface area contributed by atoms with Crippen LogP contribution in [0.15, 0.2) is 42.5 Å². The highest BCUT2D eigenvalue weighted by atomic mass is 16.2. The van der Waals surface area contributed by atoms with Crippen LogP contribution in [0.25, 0.3) is 22.1 Å². The van der Waals surface area contributed by atoms with Crippen LogP contribution in [0.4, 0.5) is 11.9 Å². The molecule has 51 heavy (non-hydrogen) atoms. The zero-order valence-electron chi connectivity index (χ0n) is 28.9. The third-order valence-corrected chi connectivity index (χ3v) is 9.42. The van der Waals surface area contributed by atoms with E-state index in [-0.39, 0.29) is 11.8 Å². The minimum absolute atomic E-state index is 0.275. The van der Waals surface area contributed by atoms with Gasteiger partial charge in [0.25, 0.3) is 11.8 Å². The molecule has 2 aromatic carbocycles. The molecule has 5 heterocycles. The molecule has 2 amide bonds. The molecule has 0 radical (unpaired) electrons. The lowest BCUT2D eigenvalue weighted by Crippen LogP contribution is -2.21. The van der Waals surface area contributed by atoms with Crippen molar-refractivity contribution in [2.24, 2.45) is 0 Å². The predicted octanol–water partition coefficient (Wildman–Crippen LogP) is 5.87. The molecule has 0 spiro atoms. The minimum atomic E-state index is -0.304. The maximum Gasteiger partial charge on any atom is 0.276 e. The Bertz CT molecular complexity index is 2390. The van der Waals surface area contributed by atoms with E-state index >= 15 is 0 Å². The van der Waals surface area contributed by atoms with Crippen molar-refractivity contribution in [1.82, 2.24) is 38.7 Å². The number of carbonyl (C=O) groups excluding carboxylic acids is 2. The fraction of sp³-hybridized carbons (Fsp3) is 0.351. The number of hydrogen-bond acceptors (Lipinski definition) is 8. The summed E-state index contributed by atoms with van der Waals surface area (Å²) in [4.78, 5) is 37.3. The third-order valence-electron chi connectivity index (χ3n) is 9.42. The van der Waals surface area contributed by atoms with E-state index in [0.717, 1.165) is 47.2 Å². The predicted molar refractivity (Wildman–Crippen MR) is 191 cm³/mol. The lowest BCUT2D eigenvalue weighted by Gasteiger charge is -2.13. The van der Waals surface area contributed by atoms with Gasteiger partial charge in [-0.3, -0.25) is 29.6 Å². The number of nitriles is 2. The molecular weight excluding hydrogens is 644 g/mol. The fourth-order valence-electron chi connectivity index (χ4n) is 6.95. The van der Waals surface area contributed by atoms with Gasteiger partial charge in [-0.15, -0.1) is 0 Å². The first-order valence-corrected chi connectivity index (χ1v) is 17.3. The van der Waals surface area contributed by atoms with E-state index in [9.17, 15) is 20.1 Å². The average molecular weight is 683 g/mol. The smallest absolute Gasteiger partial charge is 0.276 e. The number of carbonyl (C=O) groups is 2. The van der Waals surface area contributed by atoms with Crippen molar-refractivity contribution >= 4 is 45.8 Å². The average Bonchev–Trinajstić information content (AvgIpc) is 3.86. The SMILES string of the molecule is CCn1nc(C)c2c1C(=O)Nc1nc3cc(C#N)ccc3n1CCCCn1c(nc3cc(C#N)ccc31)NC(=O)c1cc(C)nn1CCCCC2. The van der Waals surface area contributed by atoms with Crippen LogP contribution in [-0.4, -0.2) is 50.5 Å². The van der Waals surface area contributed by atoms with Gasteiger partial charge >= 0.3 is 0 Å². The first-order chi connectivity index (χ1) is 24.8. The zero-order chi connectivity index (χ0) is 35.6. The Balaban J connectivity index is 1.27. The van der Waals surface area contributed by atoms with Gasteiger partial charge < -0.3 is 9.13 Å². The molecule has 0 unspecified atom stereocenters. The number of benzene rings is 2. The molecule has 0 saturated heterocycles. The number of nitrogens with one attached hydrogen (secondary N) is 2. The van der Waals surface area contributed by atoms with Gasteiger partial charge in [0.2, 0.25) is 11.9 Å². The number of aromatic nitrogens is 8. The molecule has 0 fully saturated rings. The molecule has 4 aromatic heterocycles. The summed E-state index contributed by atoms with van der Waals surface area (Å²) in [7, 11) is 0. The van der Waals surface area contributed by atoms with Crippen molar-refractivity contribution in [2.45, 2.75) is 85.5 Å². The third kappa shape index (κ3) is 6.44. The van der Waals surface area contributed by atoms with Crippen molar-refractivity contribution < 1.29 is 9.59 Å². The summed E-state index contributed by atoms with van der Waals surface area (Å²) >= 11 is 0. The first kappa shape index (κ1) is 33.2. The maximum absolute atomic E-state index is 14.1. The lowest BCUT2D eigenvalue weighted by molar-refractivity contribution is 0.100. The van der Waals surface area contributed by atoms with Crippen LogP contribution >= 0.6 is 0 Å². The van der Waals surface area contributed by atoms with E-state index in [0.29, 0.717) is 90.9 Å². The minimum Gasteiger partial charge on any atom is -0.310 e. The summed E-state index contributed by atoms with van der Waals surface area (Å²) < 4.78 is 7.44. The number of amides is 2. The number of imidazole rings is 2. The molecular formula is C37H38N12O2. The van der Waals surface area contributed by atoms with Crippen LogP contribution < -0.4 is 10.6 Å². The summed E-state index contributed by atoms with van der Waals surface area (Å²) in [5.74, 6) is 0.215. The Morgan fingerprint density at radius 1 is 0.745 bits per heavy atom. The van der Waals surface area contributed by atoms with Gasteiger partial charge in [0.15, 0.2) is 0 Å². The normalized spacial score (nSPS) is 14.7. The molecule has 7 rings (SSSR count). The largest absolute Gasteiger partial charge is 0.310 e. The molecule has 0 bridgehead atoms. The van der Waals surface area contributed by atoms with Crippen molar-refractivity contribution in [1.29, 1.82) is 10.5 Å². The van der Waals surface area contributed by atoms with E-state index in [4.69, 9.17) is 15.1 Å². The van der Waals surface area contributed by atoms with Crippen LogP contribution in [0.1, 0.15) is 88.1 Å². The van der Waals surface area contributed by atoms with E-state index in [1.54, 1.807) is 39.7 Å². The number of rotatable bonds is 1. The first-order valence-electron chi connectivity index (χ1n) is 17.3. The summed E-state index contributed by atoms with van der Waals surface area (Å²) in [6.45, 7) is 7.93. The van der Waals surface area contributed by atoms with Gasteiger partial charge in [-0.05, 0) is 95.3 Å². The molecule has 1 aliphatic heterocycles. The van der Waals surface area contributed by atoms with Gasteiger partial charge in [0.1, 0.15) is 11.4 Å². The summed E-state index contributed by atoms with van der Waals surface area (Å²) in [5.41, 5.74) is 7.26. The number of fused-ring (bicyclic) bond motifs is 8. The highest BCUT2D eigenvalue weighted by Crippen LogP contribution is 2.26. The van der Waals surface area contributed by atoms with E-state index in [2.05, 4.69) is 27.9 Å². The van der Waals surface area contributed by atoms with Gasteiger partial charge in [-0.25, -0.2) is 9.97 Å². The molecule has 6 aromatic rings. The van der Waals surface area contributed by atoms with Gasteiger partial charge in [-0.1, -0.05) is 6.42 Å². The summed E-state index contributed by atoms with van der Waals surface area (Å²) in [6.07, 6.45) is 4.52. The molecule has 14 nitrogen and oxygen atoms in total. The fourth-order valence-corrected chi connectivity index (χ4v) is 6.95. The molecule has 14 heteroatoms. The highest BCUT2D eigenvalue weighted by Gasteiger charge is 2.24. The second kappa shape index (κ2) is 13.9. The molecule has 0 aliphatic carbocycles. The van der Waals surface area contributed by atoms with Crippen LogP contribution in [0, 0.1) is 36.5 Å². The molecule has 258 valence electrons. The maximum atomic E-state index is 14.1. The van der Waals surface area contributed by atoms with Crippen molar-refractivity contribution in [3.8, 4) is 12.1 Å². The molecule has 0 atom stereocenters. The monoisotopic (exact) mass is 682 g/mol. The van der Waals surface area contributed by atoms with Crippen LogP contribution in [-0.2, 0) is 32.6 Å². The Kier molecular flexibility index (Phi) is 9.07. The van der Waals surface area contributed by atoms with Crippen LogP contribution in [0.5, 0.6) is 0 Å². The molecule has 1 aliphatic rings. The van der Waals surface area contributed by atoms with E-state index in [1.807, 2.05) is 42.0 Å². The number of hydrogen-bond donors (Lipinski definition) is 2. The zero-order valence-corrected chi connectivity index (χ0v) is 28.9. The van der Waals surface area contributed by atoms with Gasteiger partial charge in [0.05, 0.1) is 56.7 Å². The summed E-state index contributed by atoms with van der Waals surface area (Å²) in [5, 5.41) is 34.5. The van der Waals surface area contributed by atoms with E-state index in [1.165, 1.54) is 0 Å². The lowest BCUT2D eigenvalue weighted by atomic mass is 10.0. The van der Waals surface area contributed by atoms with Gasteiger partial charge in [-0.2, -0.15) is 20.7 Å². The van der Waals surface area contributed by atoms with E-state index < -0.39 is 0 Å². The van der Waals surface area contributed by atoms with Crippen molar-refractivity contribution in [2.75, 3.05) is 10.6 Å². The second-order valence-electron chi connectivity index (χ2n) is 12.9. The standard InChI is InChI=1S/C37H38N12O2/c1-4-48-33-27(24(3)45-48)10-6-5-7-17-49-32(18-23(2)44-49)34(50)42-36-40-28-19-25(21-38)11-13-30(28)46(36)15-8-9-16-47-31-14-12-26(22-39)20-29(31)41-37(47)43-35(33)51/h11-14,18-20H,4-10,15-17H2,1-3H3,(H,40,42,50)(H,41,43,51). The van der Waals surface area contributed by atoms with Gasteiger partial charge in [0, 0.05) is 31.7 Å². The quantitative estimate of drug-likeness (QED) is 0.216. The van der Waals surface area contributed by atoms with Crippen LogP contribution in [0.3, 0.4) is 0 Å².